The van der Waals surface area contributed by atoms with Crippen LogP contribution in [0.2, 0.25) is 0 Å². The van der Waals surface area contributed by atoms with E-state index in [0.717, 1.165) is 11.2 Å². The van der Waals surface area contributed by atoms with Gasteiger partial charge < -0.3 is 0 Å². The first-order chi connectivity index (χ1) is 12.9. The molecule has 0 spiro atoms. The van der Waals surface area contributed by atoms with Crippen LogP contribution in [0.15, 0.2) is 91.0 Å². The molecular formula is C25H17N. The maximum Gasteiger partial charge on any atom is 0.0709 e. The van der Waals surface area contributed by atoms with Crippen LogP contribution in [-0.2, 0) is 0 Å². The maximum atomic E-state index is 4.76. The van der Waals surface area contributed by atoms with Gasteiger partial charge in [-0.1, -0.05) is 78.9 Å². The lowest BCUT2D eigenvalue weighted by Gasteiger charge is -2.08. The summed E-state index contributed by atoms with van der Waals surface area (Å²) in [6, 6.07) is 31.8. The molecule has 0 aliphatic heterocycles. The van der Waals surface area contributed by atoms with E-state index in [1.54, 1.807) is 0 Å². The number of benzene rings is 4. The molecule has 0 amide bonds. The molecule has 4 aromatic carbocycles. The molecule has 122 valence electrons. The molecule has 0 bridgehead atoms. The minimum absolute atomic E-state index is 0.973. The van der Waals surface area contributed by atoms with Gasteiger partial charge in [-0.25, -0.2) is 4.98 Å². The Kier molecular flexibility index (Phi) is 3.50. The van der Waals surface area contributed by atoms with Crippen LogP contribution in [-0.4, -0.2) is 4.98 Å². The van der Waals surface area contributed by atoms with Gasteiger partial charge in [0.2, 0.25) is 0 Å². The molecule has 0 N–H and O–H groups in total. The second kappa shape index (κ2) is 6.12. The van der Waals surface area contributed by atoms with Crippen molar-refractivity contribution in [3.63, 3.8) is 0 Å². The number of hydrogen-bond acceptors (Lipinski definition) is 1. The molecule has 0 unspecified atom stereocenters. The van der Waals surface area contributed by atoms with Crippen molar-refractivity contribution in [3.05, 3.63) is 102 Å². The van der Waals surface area contributed by atoms with Crippen LogP contribution in [0.1, 0.15) is 11.3 Å². The largest absolute Gasteiger partial charge is 0.248 e. The molecule has 5 aromatic rings. The zero-order valence-electron chi connectivity index (χ0n) is 14.3. The Hall–Kier alpha value is -3.45. The van der Waals surface area contributed by atoms with Gasteiger partial charge in [0.15, 0.2) is 0 Å². The van der Waals surface area contributed by atoms with E-state index in [-0.39, 0.29) is 0 Å². The van der Waals surface area contributed by atoms with E-state index >= 15 is 0 Å². The van der Waals surface area contributed by atoms with Crippen molar-refractivity contribution in [3.8, 4) is 0 Å². The van der Waals surface area contributed by atoms with E-state index in [0.29, 0.717) is 0 Å². The number of para-hydroxylation sites is 1. The molecule has 0 aliphatic rings. The third-order valence-electron chi connectivity index (χ3n) is 4.85. The molecular weight excluding hydrogens is 314 g/mol. The van der Waals surface area contributed by atoms with Gasteiger partial charge in [0, 0.05) is 5.39 Å². The van der Waals surface area contributed by atoms with Crippen LogP contribution in [0.3, 0.4) is 0 Å². The lowest BCUT2D eigenvalue weighted by molar-refractivity contribution is 1.37. The highest BCUT2D eigenvalue weighted by atomic mass is 14.7. The van der Waals surface area contributed by atoms with Gasteiger partial charge >= 0.3 is 0 Å². The Morgan fingerprint density at radius 1 is 0.538 bits per heavy atom. The van der Waals surface area contributed by atoms with Crippen molar-refractivity contribution in [1.82, 2.24) is 4.98 Å². The minimum Gasteiger partial charge on any atom is -0.248 e. The van der Waals surface area contributed by atoms with E-state index in [1.807, 2.05) is 12.1 Å². The number of pyridine rings is 1. The lowest BCUT2D eigenvalue weighted by atomic mass is 9.96. The SMILES string of the molecule is C(=Cc1c2ccccc2cc2ccccc12)c1ccc2ccccc2n1. The highest BCUT2D eigenvalue weighted by Gasteiger charge is 2.05. The minimum atomic E-state index is 0.973. The van der Waals surface area contributed by atoms with Crippen LogP contribution in [0, 0.1) is 0 Å². The fourth-order valence-electron chi connectivity index (χ4n) is 3.57. The van der Waals surface area contributed by atoms with Crippen molar-refractivity contribution in [2.45, 2.75) is 0 Å². The summed E-state index contributed by atoms with van der Waals surface area (Å²) in [5.74, 6) is 0. The van der Waals surface area contributed by atoms with Gasteiger partial charge in [-0.15, -0.1) is 0 Å². The quantitative estimate of drug-likeness (QED) is 0.327. The van der Waals surface area contributed by atoms with Crippen molar-refractivity contribution >= 4 is 44.6 Å². The average Bonchev–Trinajstić information content (AvgIpc) is 2.71. The summed E-state index contributed by atoms with van der Waals surface area (Å²) in [6.45, 7) is 0. The van der Waals surface area contributed by atoms with E-state index < -0.39 is 0 Å². The second-order valence-corrected chi connectivity index (χ2v) is 6.49. The molecule has 1 aromatic heterocycles. The average molecular weight is 331 g/mol. The van der Waals surface area contributed by atoms with Gasteiger partial charge in [0.25, 0.3) is 0 Å². The summed E-state index contributed by atoms with van der Waals surface area (Å²) >= 11 is 0. The van der Waals surface area contributed by atoms with Crippen molar-refractivity contribution in [1.29, 1.82) is 0 Å². The summed E-state index contributed by atoms with van der Waals surface area (Å²) in [5.41, 5.74) is 3.24. The number of aromatic nitrogens is 1. The third-order valence-corrected chi connectivity index (χ3v) is 4.85. The fourth-order valence-corrected chi connectivity index (χ4v) is 3.57. The zero-order chi connectivity index (χ0) is 17.3. The van der Waals surface area contributed by atoms with E-state index in [9.17, 15) is 0 Å². The smallest absolute Gasteiger partial charge is 0.0709 e. The summed E-state index contributed by atoms with van der Waals surface area (Å²) in [5, 5.41) is 6.22. The number of hydrogen-bond donors (Lipinski definition) is 0. The molecule has 0 fully saturated rings. The molecule has 1 heterocycles. The monoisotopic (exact) mass is 331 g/mol. The van der Waals surface area contributed by atoms with Gasteiger partial charge in [-0.2, -0.15) is 0 Å². The third kappa shape index (κ3) is 2.55. The number of rotatable bonds is 2. The highest BCUT2D eigenvalue weighted by Crippen LogP contribution is 2.30. The predicted molar refractivity (Wildman–Crippen MR) is 112 cm³/mol. The first-order valence-corrected chi connectivity index (χ1v) is 8.83. The van der Waals surface area contributed by atoms with E-state index in [1.165, 1.54) is 32.5 Å². The van der Waals surface area contributed by atoms with Gasteiger partial charge in [0.1, 0.15) is 0 Å². The van der Waals surface area contributed by atoms with Crippen LogP contribution >= 0.6 is 0 Å². The molecule has 0 atom stereocenters. The van der Waals surface area contributed by atoms with Crippen molar-refractivity contribution < 1.29 is 0 Å². The van der Waals surface area contributed by atoms with Crippen molar-refractivity contribution in [2.24, 2.45) is 0 Å². The zero-order valence-corrected chi connectivity index (χ0v) is 14.3. The maximum absolute atomic E-state index is 4.76. The Balaban J connectivity index is 1.70. The topological polar surface area (TPSA) is 12.9 Å². The van der Waals surface area contributed by atoms with Crippen LogP contribution < -0.4 is 0 Å². The second-order valence-electron chi connectivity index (χ2n) is 6.49. The Labute approximate surface area is 152 Å². The van der Waals surface area contributed by atoms with Crippen molar-refractivity contribution in [2.75, 3.05) is 0 Å². The fraction of sp³-hybridized carbons (Fsp3) is 0. The molecule has 0 saturated heterocycles. The molecule has 0 saturated carbocycles. The van der Waals surface area contributed by atoms with Gasteiger partial charge in [-0.3, -0.25) is 0 Å². The summed E-state index contributed by atoms with van der Waals surface area (Å²) in [6.07, 6.45) is 4.31. The lowest BCUT2D eigenvalue weighted by Crippen LogP contribution is -1.85. The molecule has 1 nitrogen and oxygen atoms in total. The van der Waals surface area contributed by atoms with Crippen LogP contribution in [0.5, 0.6) is 0 Å². The normalized spacial score (nSPS) is 11.7. The van der Waals surface area contributed by atoms with Crippen LogP contribution in [0.4, 0.5) is 0 Å². The van der Waals surface area contributed by atoms with Crippen LogP contribution in [0.25, 0.3) is 44.6 Å². The first-order valence-electron chi connectivity index (χ1n) is 8.83. The highest BCUT2D eigenvalue weighted by molar-refractivity contribution is 6.07. The molecule has 1 heteroatoms. The predicted octanol–water partition coefficient (Wildman–Crippen LogP) is 6.71. The number of fused-ring (bicyclic) bond motifs is 3. The number of nitrogens with zero attached hydrogens (tertiary/aromatic N) is 1. The molecule has 0 radical (unpaired) electrons. The van der Waals surface area contributed by atoms with Gasteiger partial charge in [-0.05, 0) is 51.4 Å². The molecule has 26 heavy (non-hydrogen) atoms. The molecule has 5 rings (SSSR count). The van der Waals surface area contributed by atoms with E-state index in [4.69, 9.17) is 4.98 Å². The molecule has 0 aliphatic carbocycles. The Bertz CT molecular complexity index is 1230. The summed E-state index contributed by atoms with van der Waals surface area (Å²) < 4.78 is 0. The standard InChI is InChI=1S/C25H17N/c1-4-10-22-19(8-1)17-20-9-2-5-11-23(20)24(22)16-15-21-14-13-18-7-3-6-12-25(18)26-21/h1-17H. The Morgan fingerprint density at radius 2 is 1.15 bits per heavy atom. The summed E-state index contributed by atoms with van der Waals surface area (Å²) in [7, 11) is 0. The van der Waals surface area contributed by atoms with E-state index in [2.05, 4.69) is 91.0 Å². The Morgan fingerprint density at radius 3 is 1.88 bits per heavy atom. The first kappa shape index (κ1) is 14.9. The van der Waals surface area contributed by atoms with Gasteiger partial charge in [0.05, 0.1) is 11.2 Å². The summed E-state index contributed by atoms with van der Waals surface area (Å²) in [4.78, 5) is 4.76.